The molecule has 2 aromatic rings. The second-order valence-corrected chi connectivity index (χ2v) is 4.04. The maximum atomic E-state index is 4.30. The number of nitrogens with zero attached hydrogens (tertiary/aromatic N) is 3. The predicted molar refractivity (Wildman–Crippen MR) is 66.3 cm³/mol. The van der Waals surface area contributed by atoms with Crippen LogP contribution < -0.4 is 5.32 Å². The molecule has 0 aliphatic rings. The Bertz CT molecular complexity index is 453. The van der Waals surface area contributed by atoms with Gasteiger partial charge < -0.3 is 5.32 Å². The largest absolute Gasteiger partial charge is 0.304 e. The van der Waals surface area contributed by atoms with Gasteiger partial charge in [-0.05, 0) is 25.5 Å². The van der Waals surface area contributed by atoms with Crippen LogP contribution in [0.1, 0.15) is 29.9 Å². The fourth-order valence-electron chi connectivity index (χ4n) is 1.52. The van der Waals surface area contributed by atoms with E-state index >= 15 is 0 Å². The first-order valence-electron chi connectivity index (χ1n) is 5.66. The summed E-state index contributed by atoms with van der Waals surface area (Å²) in [5.41, 5.74) is 3.06. The van der Waals surface area contributed by atoms with Gasteiger partial charge in [0.05, 0.1) is 11.4 Å². The van der Waals surface area contributed by atoms with Crippen molar-refractivity contribution in [3.8, 4) is 0 Å². The van der Waals surface area contributed by atoms with E-state index in [0.717, 1.165) is 11.4 Å². The molecule has 0 aliphatic carbocycles. The van der Waals surface area contributed by atoms with Crippen LogP contribution in [0.25, 0.3) is 0 Å². The summed E-state index contributed by atoms with van der Waals surface area (Å²) < 4.78 is 0. The Labute approximate surface area is 101 Å². The maximum absolute atomic E-state index is 4.30. The van der Waals surface area contributed by atoms with Gasteiger partial charge in [-0.1, -0.05) is 6.07 Å². The van der Waals surface area contributed by atoms with Crippen LogP contribution in [0.5, 0.6) is 0 Å². The van der Waals surface area contributed by atoms with Crippen molar-refractivity contribution in [2.45, 2.75) is 26.4 Å². The van der Waals surface area contributed by atoms with E-state index in [1.54, 1.807) is 18.6 Å². The molecule has 4 heteroatoms. The van der Waals surface area contributed by atoms with Gasteiger partial charge in [0.2, 0.25) is 0 Å². The topological polar surface area (TPSA) is 50.7 Å². The monoisotopic (exact) mass is 228 g/mol. The highest BCUT2D eigenvalue weighted by molar-refractivity contribution is 5.13. The van der Waals surface area contributed by atoms with Crippen LogP contribution in [0.4, 0.5) is 0 Å². The Kier molecular flexibility index (Phi) is 3.77. The molecule has 0 fully saturated rings. The van der Waals surface area contributed by atoms with Crippen LogP contribution in [0.3, 0.4) is 0 Å². The fraction of sp³-hybridized carbons (Fsp3) is 0.308. The molecule has 4 nitrogen and oxygen atoms in total. The van der Waals surface area contributed by atoms with Crippen molar-refractivity contribution in [3.05, 3.63) is 53.9 Å². The molecule has 1 N–H and O–H groups in total. The van der Waals surface area contributed by atoms with Gasteiger partial charge in [-0.25, -0.2) is 0 Å². The predicted octanol–water partition coefficient (Wildman–Crippen LogP) is 2.03. The van der Waals surface area contributed by atoms with Crippen molar-refractivity contribution < 1.29 is 0 Å². The lowest BCUT2D eigenvalue weighted by Crippen LogP contribution is -2.19. The molecule has 0 saturated carbocycles. The zero-order valence-electron chi connectivity index (χ0n) is 10.1. The highest BCUT2D eigenvalue weighted by Gasteiger charge is 2.04. The van der Waals surface area contributed by atoms with Crippen molar-refractivity contribution >= 4 is 0 Å². The lowest BCUT2D eigenvalue weighted by Gasteiger charge is -2.13. The Morgan fingerprint density at radius 3 is 2.76 bits per heavy atom. The van der Waals surface area contributed by atoms with Gasteiger partial charge in [0.1, 0.15) is 0 Å². The van der Waals surface area contributed by atoms with Crippen LogP contribution in [-0.2, 0) is 6.54 Å². The fourth-order valence-corrected chi connectivity index (χ4v) is 1.52. The minimum absolute atomic E-state index is 0.256. The zero-order chi connectivity index (χ0) is 12.1. The molecule has 2 heterocycles. The van der Waals surface area contributed by atoms with Gasteiger partial charge >= 0.3 is 0 Å². The van der Waals surface area contributed by atoms with Crippen molar-refractivity contribution in [3.63, 3.8) is 0 Å². The average molecular weight is 228 g/mol. The summed E-state index contributed by atoms with van der Waals surface area (Å²) in [4.78, 5) is 12.6. The van der Waals surface area contributed by atoms with E-state index in [0.29, 0.717) is 6.54 Å². The molecule has 0 aliphatic heterocycles. The number of hydrogen-bond acceptors (Lipinski definition) is 4. The molecule has 0 aromatic carbocycles. The minimum atomic E-state index is 0.256. The van der Waals surface area contributed by atoms with Crippen LogP contribution >= 0.6 is 0 Å². The molecule has 0 saturated heterocycles. The summed E-state index contributed by atoms with van der Waals surface area (Å²) >= 11 is 0. The molecule has 2 aromatic heterocycles. The van der Waals surface area contributed by atoms with E-state index in [4.69, 9.17) is 0 Å². The molecule has 1 unspecified atom stereocenters. The van der Waals surface area contributed by atoms with Crippen LogP contribution in [0.2, 0.25) is 0 Å². The minimum Gasteiger partial charge on any atom is -0.304 e. The number of aromatic nitrogens is 3. The lowest BCUT2D eigenvalue weighted by molar-refractivity contribution is 0.564. The SMILES string of the molecule is Cc1cnc(CNC(C)c2cccnc2)cn1. The van der Waals surface area contributed by atoms with Crippen LogP contribution in [0.15, 0.2) is 36.9 Å². The maximum Gasteiger partial charge on any atom is 0.0724 e. The third-order valence-corrected chi connectivity index (χ3v) is 2.61. The third-order valence-electron chi connectivity index (χ3n) is 2.61. The lowest BCUT2D eigenvalue weighted by atomic mass is 10.1. The number of pyridine rings is 1. The van der Waals surface area contributed by atoms with E-state index in [1.807, 2.05) is 19.2 Å². The van der Waals surface area contributed by atoms with E-state index in [9.17, 15) is 0 Å². The van der Waals surface area contributed by atoms with E-state index in [-0.39, 0.29) is 6.04 Å². The summed E-state index contributed by atoms with van der Waals surface area (Å²) in [6, 6.07) is 4.26. The van der Waals surface area contributed by atoms with Crippen molar-refractivity contribution in [1.29, 1.82) is 0 Å². The molecule has 0 bridgehead atoms. The first-order chi connectivity index (χ1) is 8.25. The Morgan fingerprint density at radius 2 is 2.12 bits per heavy atom. The third kappa shape index (κ3) is 3.32. The summed E-state index contributed by atoms with van der Waals surface area (Å²) in [7, 11) is 0. The molecule has 17 heavy (non-hydrogen) atoms. The normalized spacial score (nSPS) is 12.4. The van der Waals surface area contributed by atoms with Gasteiger partial charge in [-0.15, -0.1) is 0 Å². The first kappa shape index (κ1) is 11.7. The standard InChI is InChI=1S/C13H16N4/c1-10-6-17-13(8-15-10)9-16-11(2)12-4-3-5-14-7-12/h3-8,11,16H,9H2,1-2H3. The Hall–Kier alpha value is -1.81. The molecular formula is C13H16N4. The summed E-state index contributed by atoms with van der Waals surface area (Å²) in [6.07, 6.45) is 7.24. The van der Waals surface area contributed by atoms with Gasteiger partial charge in [0.15, 0.2) is 0 Å². The molecular weight excluding hydrogens is 212 g/mol. The second kappa shape index (κ2) is 5.50. The summed E-state index contributed by atoms with van der Waals surface area (Å²) in [5.74, 6) is 0. The van der Waals surface area contributed by atoms with Crippen molar-refractivity contribution in [1.82, 2.24) is 20.3 Å². The van der Waals surface area contributed by atoms with Crippen LogP contribution in [-0.4, -0.2) is 15.0 Å². The Balaban J connectivity index is 1.92. The zero-order valence-corrected chi connectivity index (χ0v) is 10.1. The average Bonchev–Trinajstić information content (AvgIpc) is 2.39. The molecule has 0 radical (unpaired) electrons. The molecule has 88 valence electrons. The van der Waals surface area contributed by atoms with Gasteiger partial charge in [-0.2, -0.15) is 0 Å². The van der Waals surface area contributed by atoms with Gasteiger partial charge in [0, 0.05) is 37.4 Å². The van der Waals surface area contributed by atoms with E-state index in [1.165, 1.54) is 5.56 Å². The molecule has 0 spiro atoms. The summed E-state index contributed by atoms with van der Waals surface area (Å²) in [5, 5.41) is 3.39. The van der Waals surface area contributed by atoms with E-state index in [2.05, 4.69) is 33.3 Å². The molecule has 2 rings (SSSR count). The molecule has 1 atom stereocenters. The smallest absolute Gasteiger partial charge is 0.0724 e. The first-order valence-corrected chi connectivity index (χ1v) is 5.66. The number of hydrogen-bond donors (Lipinski definition) is 1. The van der Waals surface area contributed by atoms with Gasteiger partial charge in [0.25, 0.3) is 0 Å². The quantitative estimate of drug-likeness (QED) is 0.870. The van der Waals surface area contributed by atoms with Gasteiger partial charge in [-0.3, -0.25) is 15.0 Å². The van der Waals surface area contributed by atoms with E-state index < -0.39 is 0 Å². The number of rotatable bonds is 4. The van der Waals surface area contributed by atoms with Crippen molar-refractivity contribution in [2.24, 2.45) is 0 Å². The summed E-state index contributed by atoms with van der Waals surface area (Å²) in [6.45, 7) is 4.75. The van der Waals surface area contributed by atoms with Crippen molar-refractivity contribution in [2.75, 3.05) is 0 Å². The number of nitrogens with one attached hydrogen (secondary N) is 1. The number of aryl methyl sites for hydroxylation is 1. The highest BCUT2D eigenvalue weighted by Crippen LogP contribution is 2.10. The second-order valence-electron chi connectivity index (χ2n) is 4.04. The highest BCUT2D eigenvalue weighted by atomic mass is 14.9. The Morgan fingerprint density at radius 1 is 1.24 bits per heavy atom. The van der Waals surface area contributed by atoms with Crippen LogP contribution in [0, 0.1) is 6.92 Å². The molecule has 0 amide bonds.